The van der Waals surface area contributed by atoms with Crippen LogP contribution in [0.25, 0.3) is 10.6 Å². The Kier molecular flexibility index (Phi) is 2.21. The summed E-state index contributed by atoms with van der Waals surface area (Å²) in [6.07, 6.45) is 1.59. The summed E-state index contributed by atoms with van der Waals surface area (Å²) in [5.74, 6) is 0.472. The summed E-state index contributed by atoms with van der Waals surface area (Å²) in [4.78, 5) is 9.61. The van der Waals surface area contributed by atoms with Gasteiger partial charge in [0.15, 0.2) is 0 Å². The third kappa shape index (κ3) is 1.61. The fraction of sp³-hybridized carbons (Fsp3) is 0.200. The standard InChI is InChI=1S/C10H11N3S/c1-6-3-8(14-5-6)10-7(2)13-9(11)4-12-10/h3-5H,1-2H3,(H2,11,13). The minimum absolute atomic E-state index is 0.472. The molecule has 4 heteroatoms. The predicted molar refractivity (Wildman–Crippen MR) is 59.2 cm³/mol. The molecule has 0 saturated heterocycles. The maximum atomic E-state index is 5.54. The summed E-state index contributed by atoms with van der Waals surface area (Å²) in [5, 5.41) is 2.10. The Bertz CT molecular complexity index is 462. The van der Waals surface area contributed by atoms with Crippen LogP contribution in [0.2, 0.25) is 0 Å². The van der Waals surface area contributed by atoms with Crippen molar-refractivity contribution >= 4 is 17.2 Å². The van der Waals surface area contributed by atoms with Gasteiger partial charge in [0.2, 0.25) is 0 Å². The van der Waals surface area contributed by atoms with Gasteiger partial charge in [-0.25, -0.2) is 9.97 Å². The fourth-order valence-corrected chi connectivity index (χ4v) is 2.24. The molecule has 0 bridgehead atoms. The third-order valence-electron chi connectivity index (χ3n) is 1.93. The number of rotatable bonds is 1. The zero-order valence-corrected chi connectivity index (χ0v) is 8.93. The minimum atomic E-state index is 0.472. The lowest BCUT2D eigenvalue weighted by molar-refractivity contribution is 1.14. The first-order valence-corrected chi connectivity index (χ1v) is 5.19. The lowest BCUT2D eigenvalue weighted by atomic mass is 10.2. The van der Waals surface area contributed by atoms with Gasteiger partial charge in [-0.15, -0.1) is 11.3 Å². The fourth-order valence-electron chi connectivity index (χ4n) is 1.30. The van der Waals surface area contributed by atoms with E-state index in [4.69, 9.17) is 5.73 Å². The first-order chi connectivity index (χ1) is 6.66. The van der Waals surface area contributed by atoms with Crippen molar-refractivity contribution in [2.24, 2.45) is 0 Å². The highest BCUT2D eigenvalue weighted by Gasteiger charge is 2.06. The number of anilines is 1. The molecule has 0 radical (unpaired) electrons. The maximum absolute atomic E-state index is 5.54. The molecule has 3 nitrogen and oxygen atoms in total. The number of nitrogen functional groups attached to an aromatic ring is 1. The van der Waals surface area contributed by atoms with Crippen molar-refractivity contribution in [1.82, 2.24) is 9.97 Å². The minimum Gasteiger partial charge on any atom is -0.382 e. The molecule has 14 heavy (non-hydrogen) atoms. The Balaban J connectivity index is 2.52. The van der Waals surface area contributed by atoms with Crippen LogP contribution < -0.4 is 5.73 Å². The van der Waals surface area contributed by atoms with Crippen molar-refractivity contribution in [3.05, 3.63) is 28.9 Å². The summed E-state index contributed by atoms with van der Waals surface area (Å²) in [6, 6.07) is 2.11. The van der Waals surface area contributed by atoms with E-state index < -0.39 is 0 Å². The molecule has 2 heterocycles. The molecule has 0 saturated carbocycles. The maximum Gasteiger partial charge on any atom is 0.142 e. The Morgan fingerprint density at radius 1 is 1.36 bits per heavy atom. The molecule has 0 aliphatic heterocycles. The van der Waals surface area contributed by atoms with E-state index >= 15 is 0 Å². The van der Waals surface area contributed by atoms with Gasteiger partial charge in [0.25, 0.3) is 0 Å². The van der Waals surface area contributed by atoms with Crippen molar-refractivity contribution in [1.29, 1.82) is 0 Å². The normalized spacial score (nSPS) is 10.4. The van der Waals surface area contributed by atoms with Gasteiger partial charge in [0.05, 0.1) is 16.8 Å². The van der Waals surface area contributed by atoms with E-state index in [1.807, 2.05) is 6.92 Å². The smallest absolute Gasteiger partial charge is 0.142 e. The molecule has 0 unspecified atom stereocenters. The van der Waals surface area contributed by atoms with Crippen LogP contribution in [0.15, 0.2) is 17.6 Å². The molecule has 2 rings (SSSR count). The van der Waals surface area contributed by atoms with Gasteiger partial charge in [0, 0.05) is 0 Å². The Labute approximate surface area is 86.6 Å². The molecule has 0 aliphatic carbocycles. The third-order valence-corrected chi connectivity index (χ3v) is 2.98. The Morgan fingerprint density at radius 2 is 2.14 bits per heavy atom. The number of nitrogens with two attached hydrogens (primary N) is 1. The van der Waals surface area contributed by atoms with E-state index in [2.05, 4.69) is 28.3 Å². The van der Waals surface area contributed by atoms with Gasteiger partial charge in [-0.2, -0.15) is 0 Å². The monoisotopic (exact) mass is 205 g/mol. The zero-order chi connectivity index (χ0) is 10.1. The van der Waals surface area contributed by atoms with Crippen LogP contribution >= 0.6 is 11.3 Å². The zero-order valence-electron chi connectivity index (χ0n) is 8.11. The predicted octanol–water partition coefficient (Wildman–Crippen LogP) is 2.40. The van der Waals surface area contributed by atoms with E-state index in [0.717, 1.165) is 16.3 Å². The molecule has 0 atom stereocenters. The molecule has 0 amide bonds. The first-order valence-electron chi connectivity index (χ1n) is 4.31. The van der Waals surface area contributed by atoms with Gasteiger partial charge >= 0.3 is 0 Å². The van der Waals surface area contributed by atoms with Crippen molar-refractivity contribution in [3.63, 3.8) is 0 Å². The lowest BCUT2D eigenvalue weighted by Crippen LogP contribution is -1.96. The second-order valence-electron chi connectivity index (χ2n) is 3.22. The summed E-state index contributed by atoms with van der Waals surface area (Å²) < 4.78 is 0. The van der Waals surface area contributed by atoms with Crippen molar-refractivity contribution in [2.75, 3.05) is 5.73 Å². The average Bonchev–Trinajstić information content (AvgIpc) is 2.51. The van der Waals surface area contributed by atoms with E-state index in [9.17, 15) is 0 Å². The molecule has 0 spiro atoms. The number of aromatic nitrogens is 2. The highest BCUT2D eigenvalue weighted by Crippen LogP contribution is 2.27. The molecular weight excluding hydrogens is 194 g/mol. The van der Waals surface area contributed by atoms with E-state index in [1.165, 1.54) is 5.56 Å². The Morgan fingerprint density at radius 3 is 2.71 bits per heavy atom. The summed E-state index contributed by atoms with van der Waals surface area (Å²) in [5.41, 5.74) is 8.60. The van der Waals surface area contributed by atoms with Gasteiger partial charge < -0.3 is 5.73 Å². The van der Waals surface area contributed by atoms with Crippen molar-refractivity contribution in [2.45, 2.75) is 13.8 Å². The quantitative estimate of drug-likeness (QED) is 0.777. The highest BCUT2D eigenvalue weighted by molar-refractivity contribution is 7.13. The molecule has 2 aromatic heterocycles. The number of hydrogen-bond donors (Lipinski definition) is 1. The van der Waals surface area contributed by atoms with Crippen LogP contribution in [0.5, 0.6) is 0 Å². The molecule has 2 N–H and O–H groups in total. The SMILES string of the molecule is Cc1csc(-c2ncc(N)nc2C)c1. The van der Waals surface area contributed by atoms with Gasteiger partial charge in [0.1, 0.15) is 11.5 Å². The lowest BCUT2D eigenvalue weighted by Gasteiger charge is -2.01. The molecule has 0 aliphatic rings. The number of hydrogen-bond acceptors (Lipinski definition) is 4. The molecule has 2 aromatic rings. The second-order valence-corrected chi connectivity index (χ2v) is 4.13. The number of nitrogens with zero attached hydrogens (tertiary/aromatic N) is 2. The van der Waals surface area contributed by atoms with Crippen LogP contribution in [-0.2, 0) is 0 Å². The summed E-state index contributed by atoms with van der Waals surface area (Å²) in [6.45, 7) is 3.99. The van der Waals surface area contributed by atoms with Crippen LogP contribution in [0, 0.1) is 13.8 Å². The van der Waals surface area contributed by atoms with E-state index in [-0.39, 0.29) is 0 Å². The van der Waals surface area contributed by atoms with E-state index in [0.29, 0.717) is 5.82 Å². The number of thiophene rings is 1. The summed E-state index contributed by atoms with van der Waals surface area (Å²) >= 11 is 1.68. The van der Waals surface area contributed by atoms with Crippen LogP contribution in [0.3, 0.4) is 0 Å². The topological polar surface area (TPSA) is 51.8 Å². The van der Waals surface area contributed by atoms with Gasteiger partial charge in [-0.05, 0) is 30.9 Å². The second kappa shape index (κ2) is 3.38. The van der Waals surface area contributed by atoms with Crippen LogP contribution in [0.1, 0.15) is 11.3 Å². The Hall–Kier alpha value is -1.42. The average molecular weight is 205 g/mol. The van der Waals surface area contributed by atoms with Crippen LogP contribution in [0.4, 0.5) is 5.82 Å². The largest absolute Gasteiger partial charge is 0.382 e. The van der Waals surface area contributed by atoms with Crippen molar-refractivity contribution < 1.29 is 0 Å². The van der Waals surface area contributed by atoms with E-state index in [1.54, 1.807) is 17.5 Å². The van der Waals surface area contributed by atoms with Gasteiger partial charge in [-0.1, -0.05) is 0 Å². The molecule has 0 fully saturated rings. The summed E-state index contributed by atoms with van der Waals surface area (Å²) in [7, 11) is 0. The van der Waals surface area contributed by atoms with Gasteiger partial charge in [-0.3, -0.25) is 0 Å². The highest BCUT2D eigenvalue weighted by atomic mass is 32.1. The first kappa shape index (κ1) is 9.15. The molecular formula is C10H11N3S. The molecule has 0 aromatic carbocycles. The number of aryl methyl sites for hydroxylation is 2. The molecule has 72 valence electrons. The van der Waals surface area contributed by atoms with Crippen molar-refractivity contribution in [3.8, 4) is 10.6 Å². The van der Waals surface area contributed by atoms with Crippen LogP contribution in [-0.4, -0.2) is 9.97 Å².